The highest BCUT2D eigenvalue weighted by atomic mass is 28.1. The molecule has 0 aromatic carbocycles. The fraction of sp³-hybridized carbons (Fsp3) is 0.667. The van der Waals surface area contributed by atoms with Gasteiger partial charge in [-0.05, 0) is 0 Å². The number of hydrogen-bond acceptors (Lipinski definition) is 2. The maximum Gasteiger partial charge on any atom is 0.302 e. The second-order valence-electron chi connectivity index (χ2n) is 0.925. The van der Waals surface area contributed by atoms with E-state index >= 15 is 0 Å². The third kappa shape index (κ3) is 3.69. The molecular formula is C3H8O2Si. The minimum absolute atomic E-state index is 0.176. The first-order chi connectivity index (χ1) is 2.77. The lowest BCUT2D eigenvalue weighted by Crippen LogP contribution is -1.98. The summed E-state index contributed by atoms with van der Waals surface area (Å²) in [5, 5.41) is 0. The highest BCUT2D eigenvalue weighted by molar-refractivity contribution is 6.08. The lowest BCUT2D eigenvalue weighted by molar-refractivity contribution is -0.138. The summed E-state index contributed by atoms with van der Waals surface area (Å²) in [5.41, 5.74) is 0. The summed E-state index contributed by atoms with van der Waals surface area (Å²) in [7, 11) is 0.944. The van der Waals surface area contributed by atoms with Gasteiger partial charge in [0.2, 0.25) is 0 Å². The molecule has 0 aromatic rings. The van der Waals surface area contributed by atoms with Gasteiger partial charge in [0.25, 0.3) is 0 Å². The minimum Gasteiger partial charge on any atom is -0.471 e. The first kappa shape index (κ1) is 5.69. The molecule has 0 N–H and O–H groups in total. The van der Waals surface area contributed by atoms with Gasteiger partial charge in [0.05, 0.1) is 16.5 Å². The van der Waals surface area contributed by atoms with Gasteiger partial charge in [-0.15, -0.1) is 0 Å². The zero-order chi connectivity index (χ0) is 4.99. The molecule has 0 bridgehead atoms. The van der Waals surface area contributed by atoms with E-state index in [2.05, 4.69) is 4.74 Å². The Kier molecular flexibility index (Phi) is 2.75. The van der Waals surface area contributed by atoms with Crippen LogP contribution in [0.2, 0.25) is 0 Å². The molecule has 0 aliphatic heterocycles. The van der Waals surface area contributed by atoms with Crippen LogP contribution < -0.4 is 0 Å². The molecule has 0 atom stereocenters. The van der Waals surface area contributed by atoms with E-state index in [1.54, 1.807) is 0 Å². The van der Waals surface area contributed by atoms with Crippen molar-refractivity contribution in [2.75, 3.05) is 6.23 Å². The predicted octanol–water partition coefficient (Wildman–Crippen LogP) is -1.13. The summed E-state index contributed by atoms with van der Waals surface area (Å²) in [6, 6.07) is 0. The highest BCUT2D eigenvalue weighted by Gasteiger charge is 1.81. The minimum atomic E-state index is -0.176. The van der Waals surface area contributed by atoms with E-state index in [-0.39, 0.29) is 5.97 Å². The van der Waals surface area contributed by atoms with Crippen LogP contribution in [0.25, 0.3) is 0 Å². The summed E-state index contributed by atoms with van der Waals surface area (Å²) < 4.78 is 4.46. The quantitative estimate of drug-likeness (QED) is 0.311. The Morgan fingerprint density at radius 1 is 2.00 bits per heavy atom. The van der Waals surface area contributed by atoms with E-state index in [9.17, 15) is 4.79 Å². The molecular weight excluding hydrogens is 96.1 g/mol. The van der Waals surface area contributed by atoms with Gasteiger partial charge < -0.3 is 4.74 Å². The van der Waals surface area contributed by atoms with E-state index in [4.69, 9.17) is 0 Å². The van der Waals surface area contributed by atoms with Crippen molar-refractivity contribution in [3.8, 4) is 0 Å². The molecule has 0 fully saturated rings. The van der Waals surface area contributed by atoms with Crippen LogP contribution in [-0.4, -0.2) is 22.4 Å². The van der Waals surface area contributed by atoms with Crippen LogP contribution >= 0.6 is 0 Å². The molecule has 36 valence electrons. The molecule has 0 heterocycles. The summed E-state index contributed by atoms with van der Waals surface area (Å²) >= 11 is 0. The predicted molar refractivity (Wildman–Crippen MR) is 26.6 cm³/mol. The third-order valence-electron chi connectivity index (χ3n) is 0.348. The molecule has 0 saturated carbocycles. The second-order valence-corrected chi connectivity index (χ2v) is 1.50. The van der Waals surface area contributed by atoms with Crippen molar-refractivity contribution < 1.29 is 9.53 Å². The SMILES string of the molecule is CC(=O)OC[SiH3]. The van der Waals surface area contributed by atoms with Crippen molar-refractivity contribution >= 4 is 16.2 Å². The maximum atomic E-state index is 9.84. The van der Waals surface area contributed by atoms with Crippen LogP contribution in [0.5, 0.6) is 0 Å². The van der Waals surface area contributed by atoms with Gasteiger partial charge in [-0.25, -0.2) is 0 Å². The summed E-state index contributed by atoms with van der Waals surface area (Å²) in [4.78, 5) is 9.84. The lowest BCUT2D eigenvalue weighted by atomic mass is 10.8. The van der Waals surface area contributed by atoms with Crippen molar-refractivity contribution in [3.63, 3.8) is 0 Å². The molecule has 0 radical (unpaired) electrons. The van der Waals surface area contributed by atoms with E-state index in [0.717, 1.165) is 10.2 Å². The van der Waals surface area contributed by atoms with Crippen LogP contribution in [0.4, 0.5) is 0 Å². The number of ether oxygens (including phenoxy) is 1. The Labute approximate surface area is 39.9 Å². The van der Waals surface area contributed by atoms with Crippen LogP contribution in [0.1, 0.15) is 6.92 Å². The smallest absolute Gasteiger partial charge is 0.302 e. The highest BCUT2D eigenvalue weighted by Crippen LogP contribution is 1.66. The average Bonchev–Trinajstić information content (AvgIpc) is 1.35. The van der Waals surface area contributed by atoms with Crippen molar-refractivity contribution in [1.29, 1.82) is 0 Å². The van der Waals surface area contributed by atoms with Crippen molar-refractivity contribution in [1.82, 2.24) is 0 Å². The molecule has 6 heavy (non-hydrogen) atoms. The van der Waals surface area contributed by atoms with E-state index in [1.165, 1.54) is 6.92 Å². The van der Waals surface area contributed by atoms with Crippen molar-refractivity contribution in [2.24, 2.45) is 0 Å². The van der Waals surface area contributed by atoms with Gasteiger partial charge in [0.1, 0.15) is 0 Å². The molecule has 0 aromatic heterocycles. The Morgan fingerprint density at radius 3 is 2.50 bits per heavy atom. The van der Waals surface area contributed by atoms with E-state index in [1.807, 2.05) is 0 Å². The van der Waals surface area contributed by atoms with Crippen LogP contribution in [-0.2, 0) is 9.53 Å². The average molecular weight is 104 g/mol. The number of carbonyl (C=O) groups is 1. The summed E-state index contributed by atoms with van der Waals surface area (Å²) in [5.74, 6) is -0.176. The number of rotatable bonds is 1. The number of carbonyl (C=O) groups excluding carboxylic acids is 1. The number of esters is 1. The monoisotopic (exact) mass is 104 g/mol. The van der Waals surface area contributed by atoms with Gasteiger partial charge in [-0.1, -0.05) is 0 Å². The molecule has 2 nitrogen and oxygen atoms in total. The zero-order valence-electron chi connectivity index (χ0n) is 4.02. The Morgan fingerprint density at radius 2 is 2.50 bits per heavy atom. The lowest BCUT2D eigenvalue weighted by Gasteiger charge is -1.89. The standard InChI is InChI=1S/C3H8O2Si/c1-3(4)5-2-6/h2H2,1,6H3. The Balaban J connectivity index is 2.83. The summed E-state index contributed by atoms with van der Waals surface area (Å²) in [6.07, 6.45) is 0.620. The van der Waals surface area contributed by atoms with Crippen molar-refractivity contribution in [3.05, 3.63) is 0 Å². The van der Waals surface area contributed by atoms with E-state index < -0.39 is 0 Å². The number of hydrogen-bond donors (Lipinski definition) is 0. The van der Waals surface area contributed by atoms with Gasteiger partial charge in [0, 0.05) is 6.92 Å². The normalized spacial score (nSPS) is 8.17. The first-order valence-corrected chi connectivity index (χ1v) is 3.32. The molecule has 0 unspecified atom stereocenters. The molecule has 0 amide bonds. The van der Waals surface area contributed by atoms with Gasteiger partial charge >= 0.3 is 5.97 Å². The van der Waals surface area contributed by atoms with Gasteiger partial charge in [-0.2, -0.15) is 0 Å². The van der Waals surface area contributed by atoms with Crippen molar-refractivity contribution in [2.45, 2.75) is 6.92 Å². The maximum absolute atomic E-state index is 9.84. The van der Waals surface area contributed by atoms with E-state index in [0.29, 0.717) is 6.23 Å². The summed E-state index contributed by atoms with van der Waals surface area (Å²) in [6.45, 7) is 1.41. The fourth-order valence-electron chi connectivity index (χ4n) is 0.203. The zero-order valence-corrected chi connectivity index (χ0v) is 6.02. The second kappa shape index (κ2) is 2.90. The largest absolute Gasteiger partial charge is 0.471 e. The molecule has 0 rings (SSSR count). The molecule has 0 aliphatic rings. The Hall–Kier alpha value is -0.313. The molecule has 3 heteroatoms. The Bertz CT molecular complexity index is 52.8. The van der Waals surface area contributed by atoms with Crippen LogP contribution in [0.3, 0.4) is 0 Å². The fourth-order valence-corrected chi connectivity index (χ4v) is 0.610. The van der Waals surface area contributed by atoms with Gasteiger partial charge in [0.15, 0.2) is 0 Å². The van der Waals surface area contributed by atoms with Crippen LogP contribution in [0, 0.1) is 0 Å². The van der Waals surface area contributed by atoms with Crippen LogP contribution in [0.15, 0.2) is 0 Å². The van der Waals surface area contributed by atoms with Gasteiger partial charge in [-0.3, -0.25) is 4.79 Å². The molecule has 0 aliphatic carbocycles. The molecule has 0 spiro atoms. The third-order valence-corrected chi connectivity index (χ3v) is 0.636. The topological polar surface area (TPSA) is 26.3 Å². The molecule has 0 saturated heterocycles. The first-order valence-electron chi connectivity index (χ1n) is 1.90.